The van der Waals surface area contributed by atoms with Gasteiger partial charge in [-0.05, 0) is 25.8 Å². The predicted octanol–water partition coefficient (Wildman–Crippen LogP) is 2.56. The first-order valence-electron chi connectivity index (χ1n) is 6.35. The van der Waals surface area contributed by atoms with Gasteiger partial charge in [0.1, 0.15) is 5.84 Å². The number of oxime groups is 1. The summed E-state index contributed by atoms with van der Waals surface area (Å²) in [6, 6.07) is 8.91. The van der Waals surface area contributed by atoms with E-state index in [0.717, 1.165) is 6.42 Å². The Morgan fingerprint density at radius 2 is 2.22 bits per heavy atom. The number of nitrogens with one attached hydrogen (secondary N) is 1. The third-order valence-electron chi connectivity index (χ3n) is 3.10. The molecule has 0 fully saturated rings. The molecule has 0 aliphatic rings. The molecule has 4 heteroatoms. The minimum Gasteiger partial charge on any atom is -0.409 e. The van der Waals surface area contributed by atoms with Crippen LogP contribution in [0.1, 0.15) is 43.9 Å². The molecule has 18 heavy (non-hydrogen) atoms. The highest BCUT2D eigenvalue weighted by molar-refractivity contribution is 5.80. The molecule has 0 saturated carbocycles. The summed E-state index contributed by atoms with van der Waals surface area (Å²) in [5.41, 5.74) is 8.06. The summed E-state index contributed by atoms with van der Waals surface area (Å²) in [4.78, 5) is 0. The van der Waals surface area contributed by atoms with Crippen molar-refractivity contribution in [3.05, 3.63) is 35.4 Å². The van der Waals surface area contributed by atoms with Crippen LogP contribution in [0.5, 0.6) is 0 Å². The fourth-order valence-electron chi connectivity index (χ4n) is 2.00. The molecule has 1 aromatic rings. The lowest BCUT2D eigenvalue weighted by Gasteiger charge is -2.22. The summed E-state index contributed by atoms with van der Waals surface area (Å²) in [6.07, 6.45) is 1.50. The van der Waals surface area contributed by atoms with Crippen LogP contribution in [0.15, 0.2) is 29.4 Å². The summed E-state index contributed by atoms with van der Waals surface area (Å²) in [6.45, 7) is 6.30. The standard InChI is InChI=1S/C14H23N3O/c1-4-13(9-14(15)17-18)16-11(3)12-7-5-6-10(2)8-12/h5-8,11,13,16,18H,4,9H2,1-3H3,(H2,15,17)/t11-,13?/m1/s1. The third-order valence-corrected chi connectivity index (χ3v) is 3.10. The number of amidine groups is 1. The largest absolute Gasteiger partial charge is 0.409 e. The van der Waals surface area contributed by atoms with E-state index >= 15 is 0 Å². The molecule has 1 unspecified atom stereocenters. The van der Waals surface area contributed by atoms with E-state index < -0.39 is 0 Å². The number of hydrogen-bond acceptors (Lipinski definition) is 3. The van der Waals surface area contributed by atoms with E-state index in [0.29, 0.717) is 6.42 Å². The Hall–Kier alpha value is -1.55. The highest BCUT2D eigenvalue weighted by Gasteiger charge is 2.13. The van der Waals surface area contributed by atoms with Gasteiger partial charge < -0.3 is 16.3 Å². The van der Waals surface area contributed by atoms with Gasteiger partial charge in [0, 0.05) is 18.5 Å². The Labute approximate surface area is 109 Å². The van der Waals surface area contributed by atoms with Gasteiger partial charge in [0.15, 0.2) is 0 Å². The average molecular weight is 249 g/mol. The SMILES string of the molecule is CCC(C/C(N)=N/O)N[C@H](C)c1cccc(C)c1. The minimum atomic E-state index is 0.219. The Morgan fingerprint density at radius 3 is 2.78 bits per heavy atom. The smallest absolute Gasteiger partial charge is 0.140 e. The lowest BCUT2D eigenvalue weighted by atomic mass is 10.0. The lowest BCUT2D eigenvalue weighted by molar-refractivity contribution is 0.315. The number of aryl methyl sites for hydroxylation is 1. The quantitative estimate of drug-likeness (QED) is 0.314. The Bertz CT molecular complexity index is 404. The predicted molar refractivity (Wildman–Crippen MR) is 74.8 cm³/mol. The van der Waals surface area contributed by atoms with Gasteiger partial charge in [-0.25, -0.2) is 0 Å². The monoisotopic (exact) mass is 249 g/mol. The van der Waals surface area contributed by atoms with E-state index in [9.17, 15) is 0 Å². The Balaban J connectivity index is 2.64. The summed E-state index contributed by atoms with van der Waals surface area (Å²) in [5, 5.41) is 15.1. The summed E-state index contributed by atoms with van der Waals surface area (Å²) in [5.74, 6) is 0.269. The van der Waals surface area contributed by atoms with Gasteiger partial charge in [-0.15, -0.1) is 0 Å². The highest BCUT2D eigenvalue weighted by atomic mass is 16.4. The zero-order valence-electron chi connectivity index (χ0n) is 11.4. The number of hydrogen-bond donors (Lipinski definition) is 3. The van der Waals surface area contributed by atoms with Gasteiger partial charge in [-0.1, -0.05) is 41.9 Å². The van der Waals surface area contributed by atoms with Crippen molar-refractivity contribution >= 4 is 5.84 Å². The van der Waals surface area contributed by atoms with Crippen LogP contribution in [-0.2, 0) is 0 Å². The van der Waals surface area contributed by atoms with Crippen molar-refractivity contribution in [3.8, 4) is 0 Å². The second-order valence-corrected chi connectivity index (χ2v) is 4.70. The van der Waals surface area contributed by atoms with Crippen LogP contribution in [0, 0.1) is 6.92 Å². The lowest BCUT2D eigenvalue weighted by Crippen LogP contribution is -2.35. The fourth-order valence-corrected chi connectivity index (χ4v) is 2.00. The summed E-state index contributed by atoms with van der Waals surface area (Å²) < 4.78 is 0. The molecule has 0 heterocycles. The third kappa shape index (κ3) is 4.37. The molecule has 0 bridgehead atoms. The molecule has 100 valence electrons. The minimum absolute atomic E-state index is 0.219. The van der Waals surface area contributed by atoms with Gasteiger partial charge in [0.25, 0.3) is 0 Å². The molecule has 0 saturated heterocycles. The molecule has 0 aromatic heterocycles. The second-order valence-electron chi connectivity index (χ2n) is 4.70. The maximum atomic E-state index is 8.60. The van der Waals surface area contributed by atoms with E-state index in [1.807, 2.05) is 0 Å². The first-order chi connectivity index (χ1) is 8.56. The first kappa shape index (κ1) is 14.5. The van der Waals surface area contributed by atoms with Gasteiger partial charge >= 0.3 is 0 Å². The topological polar surface area (TPSA) is 70.6 Å². The van der Waals surface area contributed by atoms with Crippen LogP contribution < -0.4 is 11.1 Å². The zero-order valence-corrected chi connectivity index (χ0v) is 11.4. The molecule has 0 amide bonds. The fraction of sp³-hybridized carbons (Fsp3) is 0.500. The first-order valence-corrected chi connectivity index (χ1v) is 6.35. The summed E-state index contributed by atoms with van der Waals surface area (Å²) >= 11 is 0. The van der Waals surface area contributed by atoms with E-state index in [-0.39, 0.29) is 17.9 Å². The molecule has 4 N–H and O–H groups in total. The van der Waals surface area contributed by atoms with Crippen LogP contribution in [0.25, 0.3) is 0 Å². The number of nitrogens with two attached hydrogens (primary N) is 1. The molecule has 0 spiro atoms. The Morgan fingerprint density at radius 1 is 1.50 bits per heavy atom. The molecule has 0 aliphatic carbocycles. The number of rotatable bonds is 6. The van der Waals surface area contributed by atoms with Crippen molar-refractivity contribution in [1.29, 1.82) is 0 Å². The molecular weight excluding hydrogens is 226 g/mol. The number of benzene rings is 1. The molecule has 4 nitrogen and oxygen atoms in total. The van der Waals surface area contributed by atoms with E-state index in [1.165, 1.54) is 11.1 Å². The van der Waals surface area contributed by atoms with Crippen LogP contribution in [-0.4, -0.2) is 17.1 Å². The van der Waals surface area contributed by atoms with Crippen LogP contribution in [0.3, 0.4) is 0 Å². The van der Waals surface area contributed by atoms with E-state index in [4.69, 9.17) is 10.9 Å². The van der Waals surface area contributed by atoms with Gasteiger partial charge in [-0.3, -0.25) is 0 Å². The summed E-state index contributed by atoms with van der Waals surface area (Å²) in [7, 11) is 0. The molecule has 1 aromatic carbocycles. The molecular formula is C14H23N3O. The van der Waals surface area contributed by atoms with Crippen molar-refractivity contribution in [2.75, 3.05) is 0 Å². The molecule has 2 atom stereocenters. The highest BCUT2D eigenvalue weighted by Crippen LogP contribution is 2.15. The van der Waals surface area contributed by atoms with Gasteiger partial charge in [0.2, 0.25) is 0 Å². The van der Waals surface area contributed by atoms with Crippen molar-refractivity contribution in [3.63, 3.8) is 0 Å². The van der Waals surface area contributed by atoms with Gasteiger partial charge in [0.05, 0.1) is 0 Å². The molecule has 0 aliphatic heterocycles. The van der Waals surface area contributed by atoms with E-state index in [1.54, 1.807) is 0 Å². The molecule has 0 radical (unpaired) electrons. The van der Waals surface area contributed by atoms with Crippen LogP contribution in [0.2, 0.25) is 0 Å². The normalized spacial score (nSPS) is 15.4. The molecule has 1 rings (SSSR count). The van der Waals surface area contributed by atoms with Crippen molar-refractivity contribution in [1.82, 2.24) is 5.32 Å². The van der Waals surface area contributed by atoms with Crippen molar-refractivity contribution in [2.24, 2.45) is 10.9 Å². The van der Waals surface area contributed by atoms with Crippen molar-refractivity contribution in [2.45, 2.75) is 45.7 Å². The number of nitrogens with zero attached hydrogens (tertiary/aromatic N) is 1. The Kier molecular flexibility index (Phi) is 5.65. The maximum Gasteiger partial charge on any atom is 0.140 e. The van der Waals surface area contributed by atoms with Crippen LogP contribution >= 0.6 is 0 Å². The van der Waals surface area contributed by atoms with Crippen molar-refractivity contribution < 1.29 is 5.21 Å². The maximum absolute atomic E-state index is 8.60. The van der Waals surface area contributed by atoms with Crippen LogP contribution in [0.4, 0.5) is 0 Å². The second kappa shape index (κ2) is 7.01. The zero-order chi connectivity index (χ0) is 13.5. The van der Waals surface area contributed by atoms with E-state index in [2.05, 4.69) is 55.5 Å². The van der Waals surface area contributed by atoms with Gasteiger partial charge in [-0.2, -0.15) is 0 Å². The average Bonchev–Trinajstić information content (AvgIpc) is 2.37.